The summed E-state index contributed by atoms with van der Waals surface area (Å²) in [6.45, 7) is 3.78. The number of carbonyl (C=O) groups excluding carboxylic acids is 1. The second-order valence-corrected chi connectivity index (χ2v) is 7.24. The Hall–Kier alpha value is -2.93. The summed E-state index contributed by atoms with van der Waals surface area (Å²) >= 11 is 0. The lowest BCUT2D eigenvalue weighted by Gasteiger charge is -2.26. The van der Waals surface area contributed by atoms with E-state index in [0.717, 1.165) is 31.8 Å². The van der Waals surface area contributed by atoms with Gasteiger partial charge in [0, 0.05) is 29.8 Å². The highest BCUT2D eigenvalue weighted by atomic mass is 19.2. The minimum Gasteiger partial charge on any atom is -0.492 e. The van der Waals surface area contributed by atoms with Gasteiger partial charge in [0.05, 0.1) is 11.2 Å². The summed E-state index contributed by atoms with van der Waals surface area (Å²) in [7, 11) is 0. The molecule has 0 unspecified atom stereocenters. The lowest BCUT2D eigenvalue weighted by molar-refractivity contribution is 0.102. The summed E-state index contributed by atoms with van der Waals surface area (Å²) in [6.07, 6.45) is 5.33. The number of nitrogens with one attached hydrogen (secondary N) is 2. The highest BCUT2D eigenvalue weighted by Crippen LogP contribution is 2.26. The van der Waals surface area contributed by atoms with Gasteiger partial charge in [-0.2, -0.15) is 0 Å². The quantitative estimate of drug-likeness (QED) is 0.639. The standard InChI is InChI=1S/C22H23F2N3O2/c23-18-12-17-20(13-19(18)24)25-14-21(17)26-22(28)15-4-6-16(7-5-15)29-11-10-27-8-2-1-3-9-27/h4-7,12-14,25H,1-3,8-11H2,(H,26,28). The van der Waals surface area contributed by atoms with E-state index in [4.69, 9.17) is 4.74 Å². The molecule has 3 aromatic rings. The number of ether oxygens (including phenoxy) is 1. The van der Waals surface area contributed by atoms with Gasteiger partial charge in [-0.25, -0.2) is 8.78 Å². The van der Waals surface area contributed by atoms with Crippen LogP contribution in [0.15, 0.2) is 42.6 Å². The van der Waals surface area contributed by atoms with Crippen LogP contribution in [-0.2, 0) is 0 Å². The van der Waals surface area contributed by atoms with E-state index in [9.17, 15) is 13.6 Å². The second-order valence-electron chi connectivity index (χ2n) is 7.24. The van der Waals surface area contributed by atoms with Crippen molar-refractivity contribution in [2.75, 3.05) is 31.6 Å². The number of likely N-dealkylation sites (tertiary alicyclic amines) is 1. The molecule has 1 aromatic heterocycles. The number of aromatic amines is 1. The number of halogens is 2. The van der Waals surface area contributed by atoms with Crippen LogP contribution in [0.25, 0.3) is 10.9 Å². The highest BCUT2D eigenvalue weighted by Gasteiger charge is 2.13. The molecule has 0 aliphatic carbocycles. The Labute approximate surface area is 167 Å². The number of amides is 1. The van der Waals surface area contributed by atoms with Crippen LogP contribution >= 0.6 is 0 Å². The van der Waals surface area contributed by atoms with Crippen molar-refractivity contribution in [2.24, 2.45) is 0 Å². The third-order valence-corrected chi connectivity index (χ3v) is 5.21. The first-order valence-electron chi connectivity index (χ1n) is 9.83. The van der Waals surface area contributed by atoms with E-state index in [2.05, 4.69) is 15.2 Å². The molecule has 1 saturated heterocycles. The van der Waals surface area contributed by atoms with Gasteiger partial charge in [-0.1, -0.05) is 6.42 Å². The van der Waals surface area contributed by atoms with E-state index in [0.29, 0.717) is 34.5 Å². The first kappa shape index (κ1) is 19.4. The maximum atomic E-state index is 13.5. The van der Waals surface area contributed by atoms with Crippen LogP contribution < -0.4 is 10.1 Å². The zero-order valence-electron chi connectivity index (χ0n) is 16.0. The number of H-pyrrole nitrogens is 1. The molecular weight excluding hydrogens is 376 g/mol. The number of anilines is 1. The molecule has 1 fully saturated rings. The van der Waals surface area contributed by atoms with E-state index >= 15 is 0 Å². The largest absolute Gasteiger partial charge is 0.492 e. The molecule has 0 bridgehead atoms. The van der Waals surface area contributed by atoms with Crippen LogP contribution in [0.1, 0.15) is 29.6 Å². The van der Waals surface area contributed by atoms with Gasteiger partial charge in [0.25, 0.3) is 5.91 Å². The fourth-order valence-corrected chi connectivity index (χ4v) is 3.59. The first-order valence-corrected chi connectivity index (χ1v) is 9.83. The van der Waals surface area contributed by atoms with Crippen LogP contribution in [0.3, 0.4) is 0 Å². The van der Waals surface area contributed by atoms with Gasteiger partial charge in [-0.15, -0.1) is 0 Å². The first-order chi connectivity index (χ1) is 14.1. The van der Waals surface area contributed by atoms with E-state index in [1.807, 2.05) is 0 Å². The molecule has 0 spiro atoms. The number of hydrogen-bond acceptors (Lipinski definition) is 3. The lowest BCUT2D eigenvalue weighted by Crippen LogP contribution is -2.33. The molecule has 29 heavy (non-hydrogen) atoms. The van der Waals surface area contributed by atoms with Crippen molar-refractivity contribution in [1.29, 1.82) is 0 Å². The van der Waals surface area contributed by atoms with Gasteiger partial charge in [-0.3, -0.25) is 9.69 Å². The molecule has 0 saturated carbocycles. The lowest BCUT2D eigenvalue weighted by atomic mass is 10.1. The predicted octanol–water partition coefficient (Wildman–Crippen LogP) is 4.56. The number of aromatic nitrogens is 1. The average molecular weight is 399 g/mol. The van der Waals surface area contributed by atoms with E-state index in [1.165, 1.54) is 25.5 Å². The zero-order chi connectivity index (χ0) is 20.2. The number of fused-ring (bicyclic) bond motifs is 1. The number of piperidine rings is 1. The molecule has 2 heterocycles. The number of benzene rings is 2. The molecule has 1 aliphatic rings. The van der Waals surface area contributed by atoms with Gasteiger partial charge in [0.15, 0.2) is 11.6 Å². The molecule has 2 N–H and O–H groups in total. The minimum atomic E-state index is -0.960. The van der Waals surface area contributed by atoms with Crippen LogP contribution in [0.2, 0.25) is 0 Å². The summed E-state index contributed by atoms with van der Waals surface area (Å²) in [5.41, 5.74) is 1.26. The Bertz CT molecular complexity index is 995. The smallest absolute Gasteiger partial charge is 0.255 e. The summed E-state index contributed by atoms with van der Waals surface area (Å²) in [5.74, 6) is -1.52. The molecule has 1 aliphatic heterocycles. The Balaban J connectivity index is 1.35. The topological polar surface area (TPSA) is 57.4 Å². The number of rotatable bonds is 6. The maximum absolute atomic E-state index is 13.5. The summed E-state index contributed by atoms with van der Waals surface area (Å²) in [5, 5.41) is 3.14. The van der Waals surface area contributed by atoms with Gasteiger partial charge in [-0.05, 0) is 56.3 Å². The van der Waals surface area contributed by atoms with Crippen molar-refractivity contribution in [3.05, 3.63) is 59.8 Å². The normalized spacial score (nSPS) is 14.8. The predicted molar refractivity (Wildman–Crippen MR) is 108 cm³/mol. The monoisotopic (exact) mass is 399 g/mol. The summed E-state index contributed by atoms with van der Waals surface area (Å²) in [4.78, 5) is 17.7. The Morgan fingerprint density at radius 3 is 2.55 bits per heavy atom. The minimum absolute atomic E-state index is 0.338. The maximum Gasteiger partial charge on any atom is 0.255 e. The fourth-order valence-electron chi connectivity index (χ4n) is 3.59. The zero-order valence-corrected chi connectivity index (χ0v) is 16.0. The van der Waals surface area contributed by atoms with Gasteiger partial charge in [0.1, 0.15) is 12.4 Å². The third-order valence-electron chi connectivity index (χ3n) is 5.21. The number of nitrogens with zero attached hydrogens (tertiary/aromatic N) is 1. The second kappa shape index (κ2) is 8.61. The summed E-state index contributed by atoms with van der Waals surface area (Å²) in [6, 6.07) is 9.01. The Kier molecular flexibility index (Phi) is 5.76. The highest BCUT2D eigenvalue weighted by molar-refractivity contribution is 6.09. The van der Waals surface area contributed by atoms with Gasteiger partial charge in [0.2, 0.25) is 0 Å². The molecule has 5 nitrogen and oxygen atoms in total. The number of hydrogen-bond donors (Lipinski definition) is 2. The third kappa shape index (κ3) is 4.56. The van der Waals surface area contributed by atoms with E-state index in [-0.39, 0.29) is 5.91 Å². The van der Waals surface area contributed by atoms with Gasteiger partial charge < -0.3 is 15.0 Å². The molecule has 1 amide bonds. The van der Waals surface area contributed by atoms with Crippen LogP contribution in [0, 0.1) is 11.6 Å². The van der Waals surface area contributed by atoms with Crippen LogP contribution in [0.5, 0.6) is 5.75 Å². The molecule has 2 aromatic carbocycles. The Morgan fingerprint density at radius 1 is 1.07 bits per heavy atom. The van der Waals surface area contributed by atoms with E-state index < -0.39 is 11.6 Å². The molecule has 7 heteroatoms. The van der Waals surface area contributed by atoms with Crippen molar-refractivity contribution in [3.63, 3.8) is 0 Å². The molecule has 0 atom stereocenters. The van der Waals surface area contributed by atoms with Crippen molar-refractivity contribution < 1.29 is 18.3 Å². The van der Waals surface area contributed by atoms with Crippen molar-refractivity contribution in [3.8, 4) is 5.75 Å². The van der Waals surface area contributed by atoms with Crippen molar-refractivity contribution in [2.45, 2.75) is 19.3 Å². The van der Waals surface area contributed by atoms with Crippen molar-refractivity contribution >= 4 is 22.5 Å². The molecule has 0 radical (unpaired) electrons. The SMILES string of the molecule is O=C(Nc1c[nH]c2cc(F)c(F)cc12)c1ccc(OCCN2CCCCC2)cc1. The van der Waals surface area contributed by atoms with Crippen LogP contribution in [-0.4, -0.2) is 42.0 Å². The molecular formula is C22H23F2N3O2. The van der Waals surface area contributed by atoms with E-state index in [1.54, 1.807) is 24.3 Å². The molecule has 152 valence electrons. The summed E-state index contributed by atoms with van der Waals surface area (Å²) < 4.78 is 32.6. The Morgan fingerprint density at radius 2 is 1.79 bits per heavy atom. The van der Waals surface area contributed by atoms with Gasteiger partial charge >= 0.3 is 0 Å². The van der Waals surface area contributed by atoms with Crippen LogP contribution in [0.4, 0.5) is 14.5 Å². The van der Waals surface area contributed by atoms with Crippen molar-refractivity contribution in [1.82, 2.24) is 9.88 Å². The fraction of sp³-hybridized carbons (Fsp3) is 0.318. The number of carbonyl (C=O) groups is 1. The average Bonchev–Trinajstić information content (AvgIpc) is 3.11. The molecule has 4 rings (SSSR count).